The van der Waals surface area contributed by atoms with Gasteiger partial charge in [0.15, 0.2) is 0 Å². The number of amides is 1. The van der Waals surface area contributed by atoms with E-state index in [4.69, 9.17) is 10.5 Å². The van der Waals surface area contributed by atoms with Crippen molar-refractivity contribution in [2.45, 2.75) is 33.2 Å². The summed E-state index contributed by atoms with van der Waals surface area (Å²) in [6, 6.07) is 5.03. The number of carbonyl (C=O) groups is 2. The van der Waals surface area contributed by atoms with Crippen molar-refractivity contribution in [3.8, 4) is 17.0 Å². The summed E-state index contributed by atoms with van der Waals surface area (Å²) in [5, 5.41) is 17.2. The Balaban J connectivity index is 2.13. The first-order valence-electron chi connectivity index (χ1n) is 9.50. The fourth-order valence-corrected chi connectivity index (χ4v) is 3.34. The third kappa shape index (κ3) is 3.78. The average molecular weight is 411 g/mol. The van der Waals surface area contributed by atoms with Crippen LogP contribution in [-0.4, -0.2) is 44.7 Å². The summed E-state index contributed by atoms with van der Waals surface area (Å²) in [5.74, 6) is -1.09. The van der Waals surface area contributed by atoms with Crippen molar-refractivity contribution in [3.05, 3.63) is 42.4 Å². The van der Waals surface area contributed by atoms with Gasteiger partial charge in [-0.05, 0) is 32.4 Å². The topological polar surface area (TPSA) is 132 Å². The molecule has 9 nitrogen and oxygen atoms in total. The number of aliphatic carboxylic acids is 1. The largest absolute Gasteiger partial charge is 0.481 e. The van der Waals surface area contributed by atoms with Crippen molar-refractivity contribution in [2.75, 3.05) is 12.4 Å². The molecule has 1 amide bonds. The zero-order valence-corrected chi connectivity index (χ0v) is 17.3. The van der Waals surface area contributed by atoms with Gasteiger partial charge >= 0.3 is 5.97 Å². The van der Waals surface area contributed by atoms with Gasteiger partial charge in [0.05, 0.1) is 35.5 Å². The third-order valence-corrected chi connectivity index (χ3v) is 5.33. The number of aromatic nitrogens is 3. The third-order valence-electron chi connectivity index (χ3n) is 5.33. The molecule has 0 fully saturated rings. The summed E-state index contributed by atoms with van der Waals surface area (Å²) in [4.78, 5) is 28.0. The number of methoxy groups -OCH3 is 1. The minimum Gasteiger partial charge on any atom is -0.481 e. The molecule has 3 heterocycles. The molecule has 0 aliphatic rings. The number of ether oxygens (including phenoxy) is 1. The molecule has 3 rings (SSSR count). The smallest absolute Gasteiger partial charge is 0.311 e. The highest BCUT2D eigenvalue weighted by molar-refractivity contribution is 6.02. The molecule has 0 spiro atoms. The number of nitrogens with two attached hydrogens (primary N) is 1. The van der Waals surface area contributed by atoms with Crippen LogP contribution < -0.4 is 15.8 Å². The summed E-state index contributed by atoms with van der Waals surface area (Å²) in [5.41, 5.74) is 7.42. The minimum absolute atomic E-state index is 0.194. The highest BCUT2D eigenvalue weighted by Gasteiger charge is 2.36. The van der Waals surface area contributed by atoms with Crippen LogP contribution in [0.4, 0.5) is 5.69 Å². The summed E-state index contributed by atoms with van der Waals surface area (Å²) < 4.78 is 6.71. The van der Waals surface area contributed by atoms with Gasteiger partial charge in [0.2, 0.25) is 5.88 Å². The van der Waals surface area contributed by atoms with Crippen LogP contribution >= 0.6 is 0 Å². The summed E-state index contributed by atoms with van der Waals surface area (Å²) in [7, 11) is 1.55. The normalized spacial score (nSPS) is 12.5. The van der Waals surface area contributed by atoms with Gasteiger partial charge in [-0.25, -0.2) is 9.50 Å². The van der Waals surface area contributed by atoms with Gasteiger partial charge < -0.3 is 20.9 Å². The van der Waals surface area contributed by atoms with Gasteiger partial charge in [0.1, 0.15) is 0 Å². The Labute approximate surface area is 173 Å². The van der Waals surface area contributed by atoms with E-state index in [2.05, 4.69) is 15.4 Å². The van der Waals surface area contributed by atoms with E-state index < -0.39 is 23.3 Å². The monoisotopic (exact) mass is 411 g/mol. The van der Waals surface area contributed by atoms with E-state index in [1.807, 2.05) is 19.1 Å². The van der Waals surface area contributed by atoms with Crippen molar-refractivity contribution in [1.29, 1.82) is 0 Å². The summed E-state index contributed by atoms with van der Waals surface area (Å²) in [6.07, 6.45) is 5.40. The second-order valence-electron chi connectivity index (χ2n) is 7.58. The fourth-order valence-electron chi connectivity index (χ4n) is 3.34. The number of anilines is 1. The van der Waals surface area contributed by atoms with Crippen LogP contribution in [0.2, 0.25) is 0 Å². The Kier molecular flexibility index (Phi) is 5.64. The number of nitrogens with zero attached hydrogens (tertiary/aromatic N) is 3. The predicted molar refractivity (Wildman–Crippen MR) is 113 cm³/mol. The Morgan fingerprint density at radius 2 is 2.03 bits per heavy atom. The highest BCUT2D eigenvalue weighted by Crippen LogP contribution is 2.33. The number of pyridine rings is 1. The minimum atomic E-state index is -1.07. The van der Waals surface area contributed by atoms with E-state index in [1.54, 1.807) is 43.9 Å². The number of nitrogens with one attached hydrogen (secondary N) is 1. The molecule has 0 saturated heterocycles. The fraction of sp³-hybridized carbons (Fsp3) is 0.333. The quantitative estimate of drug-likeness (QED) is 0.519. The zero-order chi connectivity index (χ0) is 22.1. The number of hydrogen-bond acceptors (Lipinski definition) is 6. The lowest BCUT2D eigenvalue weighted by atomic mass is 9.82. The van der Waals surface area contributed by atoms with Crippen molar-refractivity contribution in [1.82, 2.24) is 14.6 Å². The van der Waals surface area contributed by atoms with Crippen LogP contribution in [-0.2, 0) is 4.79 Å². The highest BCUT2D eigenvalue weighted by atomic mass is 16.5. The number of rotatable bonds is 8. The van der Waals surface area contributed by atoms with Gasteiger partial charge in [-0.2, -0.15) is 5.10 Å². The molecule has 158 valence electrons. The Hall–Kier alpha value is -3.62. The van der Waals surface area contributed by atoms with Crippen LogP contribution in [0.25, 0.3) is 16.6 Å². The summed E-state index contributed by atoms with van der Waals surface area (Å²) >= 11 is 0. The van der Waals surface area contributed by atoms with Gasteiger partial charge in [-0.15, -0.1) is 0 Å². The van der Waals surface area contributed by atoms with E-state index in [-0.39, 0.29) is 5.56 Å². The number of fused-ring (bicyclic) bond motifs is 1. The van der Waals surface area contributed by atoms with Crippen molar-refractivity contribution in [3.63, 3.8) is 0 Å². The molecular formula is C21H25N5O4. The van der Waals surface area contributed by atoms with Crippen LogP contribution in [0.15, 0.2) is 36.8 Å². The van der Waals surface area contributed by atoms with Crippen LogP contribution in [0.5, 0.6) is 5.88 Å². The lowest BCUT2D eigenvalue weighted by Crippen LogP contribution is -2.42. The van der Waals surface area contributed by atoms with E-state index in [0.29, 0.717) is 23.5 Å². The second-order valence-corrected chi connectivity index (χ2v) is 7.58. The van der Waals surface area contributed by atoms with Crippen LogP contribution in [0, 0.1) is 5.41 Å². The molecule has 0 radical (unpaired) electrons. The van der Waals surface area contributed by atoms with E-state index in [1.165, 1.54) is 6.20 Å². The Morgan fingerprint density at radius 1 is 1.30 bits per heavy atom. The first-order valence-corrected chi connectivity index (χ1v) is 9.50. The molecule has 0 bridgehead atoms. The summed E-state index contributed by atoms with van der Waals surface area (Å²) in [6.45, 7) is 5.17. The molecule has 4 N–H and O–H groups in total. The number of carbonyl (C=O) groups excluding carboxylic acids is 1. The number of primary amides is 1. The second kappa shape index (κ2) is 8.02. The van der Waals surface area contributed by atoms with Gasteiger partial charge in [0, 0.05) is 35.6 Å². The maximum atomic E-state index is 12.1. The standard InChI is InChI=1S/C21H25N5O4/c1-5-16(21(2,3)20(28)29)25-18-14(19(22)27)10-24-26-11-13(8-15(18)26)12-6-7-17(30-4)23-9-12/h6-11,16,25H,5H2,1-4H3,(H2,22,27)(H,28,29)/t16-/m1/s1. The molecule has 1 atom stereocenters. The maximum Gasteiger partial charge on any atom is 0.311 e. The van der Waals surface area contributed by atoms with Crippen molar-refractivity contribution >= 4 is 23.1 Å². The van der Waals surface area contributed by atoms with E-state index in [0.717, 1.165) is 11.1 Å². The molecule has 9 heteroatoms. The van der Waals surface area contributed by atoms with Crippen molar-refractivity contribution < 1.29 is 19.4 Å². The van der Waals surface area contributed by atoms with Gasteiger partial charge in [0.25, 0.3) is 5.91 Å². The lowest BCUT2D eigenvalue weighted by molar-refractivity contribution is -0.147. The number of carboxylic acid groups (broad SMARTS) is 1. The molecule has 0 saturated carbocycles. The lowest BCUT2D eigenvalue weighted by Gasteiger charge is -2.31. The van der Waals surface area contributed by atoms with Crippen molar-refractivity contribution in [2.24, 2.45) is 11.1 Å². The van der Waals surface area contributed by atoms with Crippen LogP contribution in [0.1, 0.15) is 37.6 Å². The maximum absolute atomic E-state index is 12.1. The molecule has 0 unspecified atom stereocenters. The molecule has 3 aromatic heterocycles. The number of hydrogen-bond donors (Lipinski definition) is 3. The van der Waals surface area contributed by atoms with Gasteiger partial charge in [-0.1, -0.05) is 6.92 Å². The molecular weight excluding hydrogens is 386 g/mol. The SMILES string of the molecule is CC[C@@H](Nc1c(C(N)=O)cnn2cc(-c3ccc(OC)nc3)cc12)C(C)(C)C(=O)O. The molecule has 30 heavy (non-hydrogen) atoms. The molecule has 0 aliphatic carbocycles. The first-order chi connectivity index (χ1) is 14.2. The predicted octanol–water partition coefficient (Wildman–Crippen LogP) is 2.81. The Morgan fingerprint density at radius 3 is 2.57 bits per heavy atom. The first kappa shape index (κ1) is 21.1. The van der Waals surface area contributed by atoms with E-state index >= 15 is 0 Å². The van der Waals surface area contributed by atoms with Crippen LogP contribution in [0.3, 0.4) is 0 Å². The van der Waals surface area contributed by atoms with Gasteiger partial charge in [-0.3, -0.25) is 9.59 Å². The van der Waals surface area contributed by atoms with E-state index in [9.17, 15) is 14.7 Å². The molecule has 0 aromatic carbocycles. The average Bonchev–Trinajstić information content (AvgIpc) is 3.16. The molecule has 3 aromatic rings. The molecule has 0 aliphatic heterocycles. The number of carboxylic acids is 1. The zero-order valence-electron chi connectivity index (χ0n) is 17.3. The Bertz CT molecular complexity index is 1090.